The normalized spacial score (nSPS) is 29.0. The van der Waals surface area contributed by atoms with Gasteiger partial charge in [-0.25, -0.2) is 0 Å². The third-order valence-electron chi connectivity index (χ3n) is 4.79. The molecular formula is C15H31N3. The summed E-state index contributed by atoms with van der Waals surface area (Å²) in [4.78, 5) is 5.15. The Bertz CT molecular complexity index is 234. The zero-order chi connectivity index (χ0) is 13.0. The van der Waals surface area contributed by atoms with Crippen molar-refractivity contribution in [3.8, 4) is 0 Å². The van der Waals surface area contributed by atoms with Crippen LogP contribution in [0, 0.1) is 11.8 Å². The molecule has 2 rings (SSSR count). The quantitative estimate of drug-likeness (QED) is 0.822. The van der Waals surface area contributed by atoms with Crippen LogP contribution in [0.4, 0.5) is 0 Å². The van der Waals surface area contributed by atoms with Gasteiger partial charge in [0.15, 0.2) is 0 Å². The average Bonchev–Trinajstić information content (AvgIpc) is 2.38. The minimum absolute atomic E-state index is 0.705. The molecule has 0 amide bonds. The van der Waals surface area contributed by atoms with E-state index >= 15 is 0 Å². The van der Waals surface area contributed by atoms with Crippen molar-refractivity contribution in [1.29, 1.82) is 0 Å². The molecule has 2 aliphatic heterocycles. The van der Waals surface area contributed by atoms with Gasteiger partial charge in [0, 0.05) is 25.7 Å². The molecule has 18 heavy (non-hydrogen) atoms. The SMILES string of the molecule is CC(C)C1CN(CCC2CCN(C)CC2)CCN1. The van der Waals surface area contributed by atoms with Crippen molar-refractivity contribution < 1.29 is 0 Å². The van der Waals surface area contributed by atoms with E-state index in [2.05, 4.69) is 36.0 Å². The molecule has 0 aromatic rings. The first-order chi connectivity index (χ1) is 8.65. The molecule has 0 aromatic heterocycles. The number of rotatable bonds is 4. The van der Waals surface area contributed by atoms with E-state index in [0.29, 0.717) is 6.04 Å². The third-order valence-corrected chi connectivity index (χ3v) is 4.79. The zero-order valence-corrected chi connectivity index (χ0v) is 12.5. The molecule has 0 spiro atoms. The number of piperazine rings is 1. The topological polar surface area (TPSA) is 18.5 Å². The summed E-state index contributed by atoms with van der Waals surface area (Å²) in [5.41, 5.74) is 0. The second kappa shape index (κ2) is 6.88. The molecule has 2 aliphatic rings. The van der Waals surface area contributed by atoms with E-state index in [0.717, 1.165) is 11.8 Å². The lowest BCUT2D eigenvalue weighted by Crippen LogP contribution is -2.53. The van der Waals surface area contributed by atoms with Crippen molar-refractivity contribution in [2.24, 2.45) is 11.8 Å². The maximum atomic E-state index is 3.64. The summed E-state index contributed by atoms with van der Waals surface area (Å²) in [6.45, 7) is 12.3. The monoisotopic (exact) mass is 253 g/mol. The van der Waals surface area contributed by atoms with Crippen molar-refractivity contribution in [1.82, 2.24) is 15.1 Å². The third kappa shape index (κ3) is 4.22. The van der Waals surface area contributed by atoms with Crippen LogP contribution in [0.25, 0.3) is 0 Å². The first-order valence-corrected chi connectivity index (χ1v) is 7.79. The maximum Gasteiger partial charge on any atom is 0.0218 e. The second-order valence-corrected chi connectivity index (χ2v) is 6.64. The highest BCUT2D eigenvalue weighted by Crippen LogP contribution is 2.20. The standard InChI is InChI=1S/C15H31N3/c1-13(2)15-12-18(11-7-16-15)10-6-14-4-8-17(3)9-5-14/h13-16H,4-12H2,1-3H3. The smallest absolute Gasteiger partial charge is 0.0218 e. The van der Waals surface area contributed by atoms with Crippen LogP contribution in [0.3, 0.4) is 0 Å². The van der Waals surface area contributed by atoms with Gasteiger partial charge in [0.25, 0.3) is 0 Å². The molecule has 3 nitrogen and oxygen atoms in total. The Morgan fingerprint density at radius 2 is 1.89 bits per heavy atom. The highest BCUT2D eigenvalue weighted by Gasteiger charge is 2.23. The van der Waals surface area contributed by atoms with Crippen LogP contribution in [0.1, 0.15) is 33.1 Å². The Hall–Kier alpha value is -0.120. The molecule has 0 saturated carbocycles. The summed E-state index contributed by atoms with van der Waals surface area (Å²) < 4.78 is 0. The van der Waals surface area contributed by atoms with Gasteiger partial charge in [-0.05, 0) is 57.8 Å². The minimum atomic E-state index is 0.705. The van der Waals surface area contributed by atoms with Gasteiger partial charge in [-0.2, -0.15) is 0 Å². The van der Waals surface area contributed by atoms with Gasteiger partial charge in [0.05, 0.1) is 0 Å². The van der Waals surface area contributed by atoms with Crippen LogP contribution in [0.2, 0.25) is 0 Å². The van der Waals surface area contributed by atoms with E-state index < -0.39 is 0 Å². The predicted octanol–water partition coefficient (Wildman–Crippen LogP) is 1.65. The molecule has 2 saturated heterocycles. The van der Waals surface area contributed by atoms with E-state index in [1.165, 1.54) is 58.5 Å². The number of hydrogen-bond acceptors (Lipinski definition) is 3. The summed E-state index contributed by atoms with van der Waals surface area (Å²) in [6, 6.07) is 0.705. The summed E-state index contributed by atoms with van der Waals surface area (Å²) in [7, 11) is 2.25. The van der Waals surface area contributed by atoms with E-state index in [1.54, 1.807) is 0 Å². The molecule has 1 atom stereocenters. The van der Waals surface area contributed by atoms with Crippen LogP contribution in [0.15, 0.2) is 0 Å². The molecule has 3 heteroatoms. The van der Waals surface area contributed by atoms with Gasteiger partial charge < -0.3 is 15.1 Å². The largest absolute Gasteiger partial charge is 0.311 e. The molecular weight excluding hydrogens is 222 g/mol. The molecule has 1 N–H and O–H groups in total. The molecule has 0 aromatic carbocycles. The number of nitrogens with zero attached hydrogens (tertiary/aromatic N) is 2. The number of hydrogen-bond donors (Lipinski definition) is 1. The van der Waals surface area contributed by atoms with Crippen molar-refractivity contribution in [2.75, 3.05) is 46.3 Å². The minimum Gasteiger partial charge on any atom is -0.311 e. The lowest BCUT2D eigenvalue weighted by atomic mass is 9.93. The van der Waals surface area contributed by atoms with Gasteiger partial charge in [-0.15, -0.1) is 0 Å². The van der Waals surface area contributed by atoms with Gasteiger partial charge in [-0.1, -0.05) is 13.8 Å². The summed E-state index contributed by atoms with van der Waals surface area (Å²) in [6.07, 6.45) is 4.24. The molecule has 0 bridgehead atoms. The maximum absolute atomic E-state index is 3.64. The zero-order valence-electron chi connectivity index (χ0n) is 12.5. The van der Waals surface area contributed by atoms with E-state index in [1.807, 2.05) is 0 Å². The fourth-order valence-corrected chi connectivity index (χ4v) is 3.21. The van der Waals surface area contributed by atoms with E-state index in [4.69, 9.17) is 0 Å². The van der Waals surface area contributed by atoms with Crippen molar-refractivity contribution in [2.45, 2.75) is 39.2 Å². The molecule has 0 radical (unpaired) electrons. The fraction of sp³-hybridized carbons (Fsp3) is 1.00. The van der Waals surface area contributed by atoms with Gasteiger partial charge in [0.2, 0.25) is 0 Å². The van der Waals surface area contributed by atoms with Crippen LogP contribution < -0.4 is 5.32 Å². The predicted molar refractivity (Wildman–Crippen MR) is 77.9 cm³/mol. The van der Waals surface area contributed by atoms with Gasteiger partial charge in [-0.3, -0.25) is 0 Å². The molecule has 2 heterocycles. The van der Waals surface area contributed by atoms with Crippen molar-refractivity contribution >= 4 is 0 Å². The number of likely N-dealkylation sites (tertiary alicyclic amines) is 1. The van der Waals surface area contributed by atoms with Crippen LogP contribution in [-0.2, 0) is 0 Å². The second-order valence-electron chi connectivity index (χ2n) is 6.64. The van der Waals surface area contributed by atoms with Crippen LogP contribution in [-0.4, -0.2) is 62.2 Å². The lowest BCUT2D eigenvalue weighted by Gasteiger charge is -2.37. The highest BCUT2D eigenvalue weighted by atomic mass is 15.2. The van der Waals surface area contributed by atoms with E-state index in [-0.39, 0.29) is 0 Å². The number of nitrogens with one attached hydrogen (secondary N) is 1. The molecule has 2 fully saturated rings. The first kappa shape index (κ1) is 14.3. The Labute approximate surface area is 113 Å². The van der Waals surface area contributed by atoms with Crippen molar-refractivity contribution in [3.05, 3.63) is 0 Å². The average molecular weight is 253 g/mol. The van der Waals surface area contributed by atoms with Crippen LogP contribution >= 0.6 is 0 Å². The Morgan fingerprint density at radius 3 is 2.56 bits per heavy atom. The van der Waals surface area contributed by atoms with Crippen LogP contribution in [0.5, 0.6) is 0 Å². The van der Waals surface area contributed by atoms with Gasteiger partial charge >= 0.3 is 0 Å². The first-order valence-electron chi connectivity index (χ1n) is 7.79. The Balaban J connectivity index is 1.67. The summed E-state index contributed by atoms with van der Waals surface area (Å²) in [5.74, 6) is 1.74. The highest BCUT2D eigenvalue weighted by molar-refractivity contribution is 4.81. The molecule has 1 unspecified atom stereocenters. The summed E-state index contributed by atoms with van der Waals surface area (Å²) in [5, 5.41) is 3.64. The van der Waals surface area contributed by atoms with Gasteiger partial charge in [0.1, 0.15) is 0 Å². The lowest BCUT2D eigenvalue weighted by molar-refractivity contribution is 0.149. The molecule has 106 valence electrons. The number of piperidine rings is 1. The summed E-state index contributed by atoms with van der Waals surface area (Å²) >= 11 is 0. The molecule has 0 aliphatic carbocycles. The van der Waals surface area contributed by atoms with E-state index in [9.17, 15) is 0 Å². The van der Waals surface area contributed by atoms with Crippen molar-refractivity contribution in [3.63, 3.8) is 0 Å². The Morgan fingerprint density at radius 1 is 1.17 bits per heavy atom. The fourth-order valence-electron chi connectivity index (χ4n) is 3.21. The Kier molecular flexibility index (Phi) is 5.46.